The Morgan fingerprint density at radius 2 is 2.13 bits per heavy atom. The first kappa shape index (κ1) is 10.9. The van der Waals surface area contributed by atoms with Crippen LogP contribution in [-0.4, -0.2) is 10.9 Å². The van der Waals surface area contributed by atoms with E-state index in [1.165, 1.54) is 0 Å². The van der Waals surface area contributed by atoms with Gasteiger partial charge in [-0.15, -0.1) is 6.42 Å². The van der Waals surface area contributed by atoms with Crippen LogP contribution in [0, 0.1) is 31.1 Å². The Kier molecular flexibility index (Phi) is 3.16. The number of hydrogen-bond acceptors (Lipinski definition) is 2. The molecule has 0 fully saturated rings. The van der Waals surface area contributed by atoms with Gasteiger partial charge in [-0.1, -0.05) is 11.8 Å². The van der Waals surface area contributed by atoms with Gasteiger partial charge in [0.05, 0.1) is 11.1 Å². The molecule has 0 aromatic heterocycles. The molecule has 0 atom stereocenters. The third-order valence-corrected chi connectivity index (χ3v) is 1.89. The minimum atomic E-state index is -0.421. The van der Waals surface area contributed by atoms with Crippen molar-refractivity contribution < 1.29 is 9.90 Å². The van der Waals surface area contributed by atoms with Crippen LogP contribution in [-0.2, 0) is 0 Å². The summed E-state index contributed by atoms with van der Waals surface area (Å²) in [6.45, 7) is 3.36. The zero-order valence-electron chi connectivity index (χ0n) is 8.59. The average Bonchev–Trinajstić information content (AvgIpc) is 2.21. The Labute approximate surface area is 88.9 Å². The number of hydrogen-bond donors (Lipinski definition) is 1. The summed E-state index contributed by atoms with van der Waals surface area (Å²) < 4.78 is 0. The lowest BCUT2D eigenvalue weighted by Gasteiger charge is -2.04. The maximum absolute atomic E-state index is 11.5. The summed E-state index contributed by atoms with van der Waals surface area (Å²) in [6.07, 6.45) is 5.21. The number of carbonyl (C=O) groups is 1. The highest BCUT2D eigenvalue weighted by molar-refractivity contribution is 6.11. The molecule has 1 aromatic rings. The Bertz CT molecular complexity index is 508. The molecule has 2 heteroatoms. The lowest BCUT2D eigenvalue weighted by molar-refractivity contribution is 0.105. The molecule has 1 N–H and O–H groups in total. The lowest BCUT2D eigenvalue weighted by atomic mass is 10.0. The number of phenols is 1. The van der Waals surface area contributed by atoms with Crippen LogP contribution < -0.4 is 0 Å². The Balaban J connectivity index is 3.41. The van der Waals surface area contributed by atoms with Gasteiger partial charge in [0.1, 0.15) is 5.75 Å². The molecular weight excluding hydrogens is 188 g/mol. The average molecular weight is 198 g/mol. The first-order valence-electron chi connectivity index (χ1n) is 4.37. The quantitative estimate of drug-likeness (QED) is 0.425. The zero-order chi connectivity index (χ0) is 11.4. The van der Waals surface area contributed by atoms with E-state index in [-0.39, 0.29) is 11.3 Å². The second-order valence-electron chi connectivity index (χ2n) is 3.06. The molecule has 0 aliphatic carbocycles. The molecule has 74 valence electrons. The van der Waals surface area contributed by atoms with Gasteiger partial charge in [-0.3, -0.25) is 4.79 Å². The predicted molar refractivity (Wildman–Crippen MR) is 58.6 cm³/mol. The Hall–Kier alpha value is -2.19. The van der Waals surface area contributed by atoms with Crippen LogP contribution in [0.4, 0.5) is 0 Å². The molecule has 15 heavy (non-hydrogen) atoms. The maximum Gasteiger partial charge on any atom is 0.239 e. The van der Waals surface area contributed by atoms with Crippen molar-refractivity contribution in [2.45, 2.75) is 13.8 Å². The first-order valence-corrected chi connectivity index (χ1v) is 4.37. The number of rotatable bonds is 1. The van der Waals surface area contributed by atoms with E-state index >= 15 is 0 Å². The smallest absolute Gasteiger partial charge is 0.239 e. The van der Waals surface area contributed by atoms with Gasteiger partial charge in [0, 0.05) is 0 Å². The number of aromatic hydroxyl groups is 1. The molecule has 0 radical (unpaired) electrons. The van der Waals surface area contributed by atoms with E-state index in [2.05, 4.69) is 17.8 Å². The van der Waals surface area contributed by atoms with Crippen molar-refractivity contribution in [3.8, 4) is 29.9 Å². The fraction of sp³-hybridized carbons (Fsp3) is 0.154. The Morgan fingerprint density at radius 3 is 2.67 bits per heavy atom. The highest BCUT2D eigenvalue weighted by atomic mass is 16.3. The molecule has 0 saturated carbocycles. The zero-order valence-corrected chi connectivity index (χ0v) is 8.59. The van der Waals surface area contributed by atoms with Crippen molar-refractivity contribution in [1.82, 2.24) is 0 Å². The van der Waals surface area contributed by atoms with Crippen molar-refractivity contribution in [3.05, 3.63) is 28.8 Å². The van der Waals surface area contributed by atoms with E-state index in [0.717, 1.165) is 5.56 Å². The van der Waals surface area contributed by atoms with Crippen molar-refractivity contribution in [2.24, 2.45) is 0 Å². The lowest BCUT2D eigenvalue weighted by Crippen LogP contribution is -1.98. The molecule has 0 heterocycles. The summed E-state index contributed by atoms with van der Waals surface area (Å²) in [5.74, 6) is 6.58. The number of Topliss-reactive ketones (excluding diaryl/α,β-unsaturated/α-hetero) is 1. The number of phenolic OH excluding ortho intramolecular Hbond substituents is 1. The number of terminal acetylenes is 1. The van der Waals surface area contributed by atoms with Crippen LogP contribution in [0.15, 0.2) is 12.1 Å². The third kappa shape index (κ3) is 2.18. The van der Waals surface area contributed by atoms with Crippen LogP contribution in [0.3, 0.4) is 0 Å². The minimum Gasteiger partial charge on any atom is -0.506 e. The summed E-state index contributed by atoms with van der Waals surface area (Å²) >= 11 is 0. The largest absolute Gasteiger partial charge is 0.506 e. The van der Waals surface area contributed by atoms with Crippen molar-refractivity contribution >= 4 is 5.78 Å². The monoisotopic (exact) mass is 198 g/mol. The fourth-order valence-corrected chi connectivity index (χ4v) is 1.24. The first-order chi connectivity index (χ1) is 7.10. The van der Waals surface area contributed by atoms with Crippen LogP contribution >= 0.6 is 0 Å². The van der Waals surface area contributed by atoms with Gasteiger partial charge in [-0.05, 0) is 37.5 Å². The molecule has 0 aliphatic rings. The molecule has 1 rings (SSSR count). The van der Waals surface area contributed by atoms with Crippen LogP contribution in [0.25, 0.3) is 0 Å². The van der Waals surface area contributed by atoms with Gasteiger partial charge >= 0.3 is 0 Å². The van der Waals surface area contributed by atoms with Crippen molar-refractivity contribution in [1.29, 1.82) is 0 Å². The molecule has 0 unspecified atom stereocenters. The highest BCUT2D eigenvalue weighted by Gasteiger charge is 2.12. The van der Waals surface area contributed by atoms with Crippen molar-refractivity contribution in [3.63, 3.8) is 0 Å². The van der Waals surface area contributed by atoms with Crippen LogP contribution in [0.1, 0.15) is 28.4 Å². The summed E-state index contributed by atoms with van der Waals surface area (Å²) in [5.41, 5.74) is 1.30. The van der Waals surface area contributed by atoms with Gasteiger partial charge in [0.2, 0.25) is 5.78 Å². The fourth-order valence-electron chi connectivity index (χ4n) is 1.24. The standard InChI is InChI=1S/C13H10O2/c1-4-6-12(14)11-8-9(3)7-10(5-2)13(11)15/h2,7-8,15H,1,3H3. The Morgan fingerprint density at radius 1 is 1.47 bits per heavy atom. The SMILES string of the molecule is C#Cc1cc(C)cc(C(=O)C#CC)c1O. The second-order valence-corrected chi connectivity index (χ2v) is 3.06. The molecule has 2 nitrogen and oxygen atoms in total. The minimum absolute atomic E-state index is 0.164. The summed E-state index contributed by atoms with van der Waals surface area (Å²) in [4.78, 5) is 11.5. The molecule has 0 aliphatic heterocycles. The summed E-state index contributed by atoms with van der Waals surface area (Å²) in [5, 5.41) is 9.68. The molecule has 0 amide bonds. The summed E-state index contributed by atoms with van der Waals surface area (Å²) in [7, 11) is 0. The van der Waals surface area contributed by atoms with Gasteiger partial charge in [-0.2, -0.15) is 0 Å². The molecule has 0 bridgehead atoms. The maximum atomic E-state index is 11.5. The van der Waals surface area contributed by atoms with E-state index in [1.807, 2.05) is 0 Å². The van der Waals surface area contributed by atoms with E-state index in [0.29, 0.717) is 5.56 Å². The van der Waals surface area contributed by atoms with E-state index in [9.17, 15) is 9.90 Å². The van der Waals surface area contributed by atoms with E-state index in [4.69, 9.17) is 6.42 Å². The van der Waals surface area contributed by atoms with Gasteiger partial charge in [-0.25, -0.2) is 0 Å². The number of carbonyl (C=O) groups excluding carboxylic acids is 1. The van der Waals surface area contributed by atoms with Gasteiger partial charge in [0.25, 0.3) is 0 Å². The van der Waals surface area contributed by atoms with Crippen LogP contribution in [0.5, 0.6) is 5.75 Å². The van der Waals surface area contributed by atoms with Crippen molar-refractivity contribution in [2.75, 3.05) is 0 Å². The summed E-state index contributed by atoms with van der Waals surface area (Å²) in [6, 6.07) is 3.22. The second kappa shape index (κ2) is 4.35. The topological polar surface area (TPSA) is 37.3 Å². The van der Waals surface area contributed by atoms with E-state index < -0.39 is 5.78 Å². The van der Waals surface area contributed by atoms with Gasteiger partial charge < -0.3 is 5.11 Å². The number of ketones is 1. The number of benzene rings is 1. The normalized spacial score (nSPS) is 8.60. The third-order valence-electron chi connectivity index (χ3n) is 1.89. The van der Waals surface area contributed by atoms with Crippen LogP contribution in [0.2, 0.25) is 0 Å². The molecular formula is C13H10O2. The molecule has 0 saturated heterocycles. The highest BCUT2D eigenvalue weighted by Crippen LogP contribution is 2.24. The molecule has 0 spiro atoms. The predicted octanol–water partition coefficient (Wildman–Crippen LogP) is 1.89. The number of aryl methyl sites for hydroxylation is 1. The van der Waals surface area contributed by atoms with E-state index in [1.54, 1.807) is 26.0 Å². The van der Waals surface area contributed by atoms with Gasteiger partial charge in [0.15, 0.2) is 0 Å². The molecule has 1 aromatic carbocycles.